The van der Waals surface area contributed by atoms with Gasteiger partial charge in [0.1, 0.15) is 5.00 Å². The number of fused-ring (bicyclic) bond motifs is 1. The Morgan fingerprint density at radius 3 is 2.13 bits per heavy atom. The second-order valence-electron chi connectivity index (χ2n) is 10.7. The maximum absolute atomic E-state index is 13.7. The average molecular weight is 453 g/mol. The van der Waals surface area contributed by atoms with Gasteiger partial charge in [0.25, 0.3) is 5.91 Å². The molecule has 1 aliphatic rings. The smallest absolute Gasteiger partial charge is 0.322 e. The molecule has 8 heteroatoms. The maximum Gasteiger partial charge on any atom is 0.322 e. The first kappa shape index (κ1) is 25.3. The van der Waals surface area contributed by atoms with E-state index in [4.69, 9.17) is 15.2 Å². The van der Waals surface area contributed by atoms with Crippen LogP contribution in [0.1, 0.15) is 83.1 Å². The first-order valence-electron chi connectivity index (χ1n) is 10.5. The van der Waals surface area contributed by atoms with Crippen molar-refractivity contribution in [3.05, 3.63) is 16.0 Å². The van der Waals surface area contributed by atoms with Gasteiger partial charge in [-0.2, -0.15) is 0 Å². The third-order valence-electron chi connectivity index (χ3n) is 6.08. The summed E-state index contributed by atoms with van der Waals surface area (Å²) in [6, 6.07) is 0. The van der Waals surface area contributed by atoms with E-state index in [0.717, 1.165) is 10.4 Å². The predicted molar refractivity (Wildman–Crippen MR) is 122 cm³/mol. The molecule has 31 heavy (non-hydrogen) atoms. The molecule has 0 saturated heterocycles. The summed E-state index contributed by atoms with van der Waals surface area (Å²) in [5.41, 5.74) is 3.47. The van der Waals surface area contributed by atoms with Crippen LogP contribution in [-0.2, 0) is 31.1 Å². The fourth-order valence-corrected chi connectivity index (χ4v) is 6.39. The molecule has 1 aromatic heterocycles. The molecule has 0 spiro atoms. The lowest BCUT2D eigenvalue weighted by molar-refractivity contribution is -0.169. The number of rotatable bonds is 5. The molecule has 1 aliphatic heterocycles. The number of hydrogen-bond acceptors (Lipinski definition) is 6. The van der Waals surface area contributed by atoms with E-state index < -0.39 is 39.8 Å². The number of carbonyl (C=O) groups is 3. The minimum Gasteiger partial charge on any atom is -0.468 e. The molecule has 2 amide bonds. The van der Waals surface area contributed by atoms with Crippen LogP contribution in [0.15, 0.2) is 0 Å². The molecule has 0 radical (unpaired) electrons. The zero-order valence-electron chi connectivity index (χ0n) is 20.3. The van der Waals surface area contributed by atoms with Gasteiger partial charge in [-0.3, -0.25) is 14.4 Å². The zero-order chi connectivity index (χ0) is 24.2. The predicted octanol–water partition coefficient (Wildman–Crippen LogP) is 4.23. The second-order valence-corrected chi connectivity index (χ2v) is 11.7. The van der Waals surface area contributed by atoms with Crippen molar-refractivity contribution in [3.63, 3.8) is 0 Å². The first-order valence-corrected chi connectivity index (χ1v) is 11.3. The highest BCUT2D eigenvalue weighted by Gasteiger charge is 2.58. The minimum absolute atomic E-state index is 0.286. The number of nitrogens with one attached hydrogen (secondary N) is 1. The summed E-state index contributed by atoms with van der Waals surface area (Å²) in [6.07, 6.45) is 0.488. The van der Waals surface area contributed by atoms with E-state index in [0.29, 0.717) is 11.4 Å². The minimum atomic E-state index is -1.47. The van der Waals surface area contributed by atoms with E-state index in [2.05, 4.69) is 5.32 Å². The van der Waals surface area contributed by atoms with Gasteiger partial charge in [0, 0.05) is 11.3 Å². The molecule has 7 nitrogen and oxygen atoms in total. The quantitative estimate of drug-likeness (QED) is 0.513. The van der Waals surface area contributed by atoms with Crippen molar-refractivity contribution in [2.45, 2.75) is 79.9 Å². The van der Waals surface area contributed by atoms with Gasteiger partial charge >= 0.3 is 5.97 Å². The number of methoxy groups -OCH3 is 1. The van der Waals surface area contributed by atoms with Crippen LogP contribution in [0.5, 0.6) is 0 Å². The Kier molecular flexibility index (Phi) is 6.44. The normalized spacial score (nSPS) is 19.3. The molecule has 3 N–H and O–H groups in total. The summed E-state index contributed by atoms with van der Waals surface area (Å²) in [6.45, 7) is 16.9. The lowest BCUT2D eigenvalue weighted by Gasteiger charge is -2.43. The third-order valence-corrected chi connectivity index (χ3v) is 7.53. The largest absolute Gasteiger partial charge is 0.468 e. The summed E-state index contributed by atoms with van der Waals surface area (Å²) in [4.78, 5) is 40.0. The fraction of sp³-hybridized carbons (Fsp3) is 0.696. The summed E-state index contributed by atoms with van der Waals surface area (Å²) in [7, 11) is 1.28. The summed E-state index contributed by atoms with van der Waals surface area (Å²) in [5.74, 6) is -2.10. The molecule has 0 saturated carbocycles. The van der Waals surface area contributed by atoms with Crippen LogP contribution in [0, 0.1) is 16.7 Å². The molecular formula is C23H36N2O5S. The summed E-state index contributed by atoms with van der Waals surface area (Å²) >= 11 is 1.27. The van der Waals surface area contributed by atoms with Gasteiger partial charge in [-0.15, -0.1) is 11.3 Å². The van der Waals surface area contributed by atoms with Crippen molar-refractivity contribution in [1.82, 2.24) is 0 Å². The number of hydrogen-bond donors (Lipinski definition) is 2. The monoisotopic (exact) mass is 452 g/mol. The van der Waals surface area contributed by atoms with E-state index >= 15 is 0 Å². The molecule has 2 heterocycles. The van der Waals surface area contributed by atoms with Crippen molar-refractivity contribution in [3.8, 4) is 0 Å². The second kappa shape index (κ2) is 7.89. The standard InChI is InChI=1S/C23H36N2O5S/c1-12(2)23(19(28)29-10,20(3,4)5)18(27)25-17-14(16(24)26)13-11-21(6,7)30-22(8,9)15(13)31-17/h12H,11H2,1-10H3,(H2,24,26)(H,25,27). The van der Waals surface area contributed by atoms with Crippen molar-refractivity contribution in [2.24, 2.45) is 22.5 Å². The van der Waals surface area contributed by atoms with Gasteiger partial charge < -0.3 is 20.5 Å². The Labute approximate surface area is 189 Å². The van der Waals surface area contributed by atoms with Gasteiger partial charge in [0.05, 0.1) is 23.9 Å². The number of amides is 2. The lowest BCUT2D eigenvalue weighted by atomic mass is 9.59. The van der Waals surface area contributed by atoms with Gasteiger partial charge in [-0.25, -0.2) is 0 Å². The first-order chi connectivity index (χ1) is 13.9. The number of primary amides is 1. The van der Waals surface area contributed by atoms with E-state index in [1.165, 1.54) is 18.4 Å². The Morgan fingerprint density at radius 1 is 1.16 bits per heavy atom. The van der Waals surface area contributed by atoms with E-state index in [1.807, 2.05) is 62.3 Å². The molecule has 0 aromatic carbocycles. The summed E-state index contributed by atoms with van der Waals surface area (Å²) < 4.78 is 11.3. The molecular weight excluding hydrogens is 416 g/mol. The van der Waals surface area contributed by atoms with Crippen molar-refractivity contribution >= 4 is 34.1 Å². The molecule has 1 atom stereocenters. The molecule has 174 valence electrons. The van der Waals surface area contributed by atoms with Crippen LogP contribution < -0.4 is 11.1 Å². The summed E-state index contributed by atoms with van der Waals surface area (Å²) in [5, 5.41) is 3.22. The molecule has 0 aliphatic carbocycles. The highest BCUT2D eigenvalue weighted by molar-refractivity contribution is 7.17. The zero-order valence-corrected chi connectivity index (χ0v) is 21.1. The Hall–Kier alpha value is -1.93. The van der Waals surface area contributed by atoms with Crippen molar-refractivity contribution in [1.29, 1.82) is 0 Å². The number of carbonyl (C=O) groups excluding carboxylic acids is 3. The molecule has 1 aromatic rings. The highest BCUT2D eigenvalue weighted by atomic mass is 32.1. The van der Waals surface area contributed by atoms with Crippen LogP contribution in [0.4, 0.5) is 5.00 Å². The van der Waals surface area contributed by atoms with Crippen LogP contribution in [0.3, 0.4) is 0 Å². The number of anilines is 1. The van der Waals surface area contributed by atoms with Gasteiger partial charge in [0.2, 0.25) is 5.91 Å². The Morgan fingerprint density at radius 2 is 1.71 bits per heavy atom. The number of esters is 1. The number of thiophene rings is 1. The van der Waals surface area contributed by atoms with Gasteiger partial charge in [-0.1, -0.05) is 34.6 Å². The van der Waals surface area contributed by atoms with Gasteiger partial charge in [0.15, 0.2) is 5.41 Å². The van der Waals surface area contributed by atoms with E-state index in [9.17, 15) is 14.4 Å². The van der Waals surface area contributed by atoms with Crippen LogP contribution >= 0.6 is 11.3 Å². The van der Waals surface area contributed by atoms with Crippen LogP contribution in [0.2, 0.25) is 0 Å². The molecule has 1 unspecified atom stereocenters. The lowest BCUT2D eigenvalue weighted by Crippen LogP contribution is -2.56. The SMILES string of the molecule is COC(=O)C(C(=O)Nc1sc2c(c1C(N)=O)CC(C)(C)OC2(C)C)(C(C)C)C(C)(C)C. The number of ether oxygens (including phenoxy) is 2. The van der Waals surface area contributed by atoms with Crippen molar-refractivity contribution < 1.29 is 23.9 Å². The molecule has 0 bridgehead atoms. The topological polar surface area (TPSA) is 108 Å². The third kappa shape index (κ3) is 4.12. The van der Waals surface area contributed by atoms with Gasteiger partial charge in [-0.05, 0) is 44.6 Å². The van der Waals surface area contributed by atoms with Crippen LogP contribution in [0.25, 0.3) is 0 Å². The Balaban J connectivity index is 2.68. The fourth-order valence-electron chi connectivity index (χ4n) is 5.13. The van der Waals surface area contributed by atoms with Crippen molar-refractivity contribution in [2.75, 3.05) is 12.4 Å². The number of nitrogens with two attached hydrogens (primary N) is 1. The van der Waals surface area contributed by atoms with E-state index in [-0.39, 0.29) is 11.5 Å². The maximum atomic E-state index is 13.7. The molecule has 2 rings (SSSR count). The van der Waals surface area contributed by atoms with Crippen LogP contribution in [-0.4, -0.2) is 30.5 Å². The van der Waals surface area contributed by atoms with E-state index in [1.54, 1.807) is 0 Å². The Bertz CT molecular complexity index is 908. The highest BCUT2D eigenvalue weighted by Crippen LogP contribution is 2.50. The molecule has 0 fully saturated rings. The average Bonchev–Trinajstić information content (AvgIpc) is 2.90.